The molecule has 0 saturated carbocycles. The summed E-state index contributed by atoms with van der Waals surface area (Å²) in [5.74, 6) is -1.27. The summed E-state index contributed by atoms with van der Waals surface area (Å²) in [6, 6.07) is 13.6. The van der Waals surface area contributed by atoms with Gasteiger partial charge in [-0.1, -0.05) is 42.5 Å². The molecule has 0 atom stereocenters. The van der Waals surface area contributed by atoms with Crippen LogP contribution in [0.2, 0.25) is 0 Å². The lowest BCUT2D eigenvalue weighted by atomic mass is 10.0. The summed E-state index contributed by atoms with van der Waals surface area (Å²) >= 11 is 0. The first kappa shape index (κ1) is 13.4. The van der Waals surface area contributed by atoms with Crippen LogP contribution in [0.25, 0.3) is 22.1 Å². The van der Waals surface area contributed by atoms with Gasteiger partial charge < -0.3 is 4.42 Å². The highest BCUT2D eigenvalue weighted by Gasteiger charge is 2.39. The second kappa shape index (κ2) is 4.77. The standard InChI is InChI=1S/C16H9F3O2/c17-16(18,19)15-13(10-6-2-1-3-7-10)14(20)11-8-4-5-9-12(11)21-15/h1-9H. The van der Waals surface area contributed by atoms with Crippen LogP contribution in [0.5, 0.6) is 0 Å². The molecule has 0 N–H and O–H groups in total. The molecule has 5 heteroatoms. The number of hydrogen-bond acceptors (Lipinski definition) is 2. The molecular formula is C16H9F3O2. The van der Waals surface area contributed by atoms with Crippen LogP contribution in [-0.2, 0) is 6.18 Å². The van der Waals surface area contributed by atoms with Gasteiger partial charge in [-0.2, -0.15) is 13.2 Å². The SMILES string of the molecule is O=c1c(-c2ccccc2)c(C(F)(F)F)oc2ccccc12. The number of fused-ring (bicyclic) bond motifs is 1. The van der Waals surface area contributed by atoms with Crippen molar-refractivity contribution in [2.75, 3.05) is 0 Å². The monoisotopic (exact) mass is 290 g/mol. The molecule has 3 aromatic rings. The molecule has 2 aromatic carbocycles. The molecule has 0 aliphatic carbocycles. The normalized spacial score (nSPS) is 11.8. The molecule has 0 saturated heterocycles. The van der Waals surface area contributed by atoms with Gasteiger partial charge in [0, 0.05) is 0 Å². The molecule has 1 aromatic heterocycles. The van der Waals surface area contributed by atoms with Crippen LogP contribution >= 0.6 is 0 Å². The zero-order valence-corrected chi connectivity index (χ0v) is 10.6. The summed E-state index contributed by atoms with van der Waals surface area (Å²) in [7, 11) is 0. The van der Waals surface area contributed by atoms with Gasteiger partial charge in [-0.3, -0.25) is 4.79 Å². The maximum absolute atomic E-state index is 13.2. The average Bonchev–Trinajstić information content (AvgIpc) is 2.47. The van der Waals surface area contributed by atoms with Crippen molar-refractivity contribution in [2.45, 2.75) is 6.18 Å². The smallest absolute Gasteiger partial charge is 0.450 e. The van der Waals surface area contributed by atoms with Crippen LogP contribution in [-0.4, -0.2) is 0 Å². The Bertz CT molecular complexity index is 849. The predicted octanol–water partition coefficient (Wildman–Crippen LogP) is 4.48. The van der Waals surface area contributed by atoms with E-state index in [0.717, 1.165) is 0 Å². The van der Waals surface area contributed by atoms with E-state index in [2.05, 4.69) is 0 Å². The highest BCUT2D eigenvalue weighted by atomic mass is 19.4. The minimum absolute atomic E-state index is 0.0745. The van der Waals surface area contributed by atoms with E-state index in [0.29, 0.717) is 0 Å². The van der Waals surface area contributed by atoms with Gasteiger partial charge >= 0.3 is 6.18 Å². The van der Waals surface area contributed by atoms with E-state index in [-0.39, 0.29) is 16.5 Å². The first-order valence-electron chi connectivity index (χ1n) is 6.17. The van der Waals surface area contributed by atoms with Crippen LogP contribution in [0.1, 0.15) is 5.76 Å². The predicted molar refractivity (Wildman–Crippen MR) is 72.9 cm³/mol. The summed E-state index contributed by atoms with van der Waals surface area (Å²) < 4.78 is 44.6. The summed E-state index contributed by atoms with van der Waals surface area (Å²) in [6.07, 6.45) is -4.74. The molecule has 0 aliphatic heterocycles. The molecule has 0 fully saturated rings. The van der Waals surface area contributed by atoms with E-state index >= 15 is 0 Å². The quantitative estimate of drug-likeness (QED) is 0.661. The summed E-state index contributed by atoms with van der Waals surface area (Å²) in [5.41, 5.74) is -1.03. The molecule has 1 heterocycles. The van der Waals surface area contributed by atoms with Crippen LogP contribution in [0.3, 0.4) is 0 Å². The molecule has 0 bridgehead atoms. The summed E-state index contributed by atoms with van der Waals surface area (Å²) in [5, 5.41) is 0.129. The molecule has 2 nitrogen and oxygen atoms in total. The second-order valence-corrected chi connectivity index (χ2v) is 4.50. The molecule has 0 unspecified atom stereocenters. The highest BCUT2D eigenvalue weighted by molar-refractivity contribution is 5.82. The third-order valence-electron chi connectivity index (χ3n) is 3.12. The van der Waals surface area contributed by atoms with Gasteiger partial charge in [-0.25, -0.2) is 0 Å². The van der Waals surface area contributed by atoms with Gasteiger partial charge in [0.1, 0.15) is 5.58 Å². The Morgan fingerprint density at radius 3 is 2.14 bits per heavy atom. The Hall–Kier alpha value is -2.56. The van der Waals surface area contributed by atoms with Gasteiger partial charge in [0.25, 0.3) is 0 Å². The van der Waals surface area contributed by atoms with Gasteiger partial charge in [0.2, 0.25) is 11.2 Å². The number of benzene rings is 2. The number of hydrogen-bond donors (Lipinski definition) is 0. The molecule has 106 valence electrons. The molecular weight excluding hydrogens is 281 g/mol. The summed E-state index contributed by atoms with van der Waals surface area (Å²) in [4.78, 5) is 12.4. The molecule has 21 heavy (non-hydrogen) atoms. The van der Waals surface area contributed by atoms with Gasteiger partial charge in [-0.05, 0) is 17.7 Å². The fourth-order valence-corrected chi connectivity index (χ4v) is 2.21. The van der Waals surface area contributed by atoms with Gasteiger partial charge in [0.15, 0.2) is 0 Å². The molecule has 0 aliphatic rings. The maximum atomic E-state index is 13.2. The van der Waals surface area contributed by atoms with Crippen LogP contribution < -0.4 is 5.43 Å². The van der Waals surface area contributed by atoms with Gasteiger partial charge in [-0.15, -0.1) is 0 Å². The van der Waals surface area contributed by atoms with Crippen LogP contribution in [0.15, 0.2) is 63.8 Å². The van der Waals surface area contributed by atoms with Crippen molar-refractivity contribution in [3.8, 4) is 11.1 Å². The second-order valence-electron chi connectivity index (χ2n) is 4.50. The van der Waals surface area contributed by atoms with Crippen molar-refractivity contribution in [1.82, 2.24) is 0 Å². The molecule has 3 rings (SSSR count). The third-order valence-corrected chi connectivity index (χ3v) is 3.12. The van der Waals surface area contributed by atoms with Crippen LogP contribution in [0.4, 0.5) is 13.2 Å². The van der Waals surface area contributed by atoms with Crippen molar-refractivity contribution in [1.29, 1.82) is 0 Å². The fraction of sp³-hybridized carbons (Fsp3) is 0.0625. The highest BCUT2D eigenvalue weighted by Crippen LogP contribution is 2.37. The topological polar surface area (TPSA) is 30.2 Å². The van der Waals surface area contributed by atoms with Gasteiger partial charge in [0.05, 0.1) is 10.9 Å². The largest absolute Gasteiger partial charge is 0.451 e. The Labute approximate surface area is 117 Å². The van der Waals surface area contributed by atoms with Crippen molar-refractivity contribution < 1.29 is 17.6 Å². The van der Waals surface area contributed by atoms with E-state index in [1.807, 2.05) is 0 Å². The van der Waals surface area contributed by atoms with Crippen molar-refractivity contribution >= 4 is 11.0 Å². The van der Waals surface area contributed by atoms with E-state index in [1.165, 1.54) is 30.3 Å². The van der Waals surface area contributed by atoms with Crippen molar-refractivity contribution in [3.63, 3.8) is 0 Å². The lowest BCUT2D eigenvalue weighted by molar-refractivity contribution is -0.152. The molecule has 0 spiro atoms. The lowest BCUT2D eigenvalue weighted by Crippen LogP contribution is -2.15. The lowest BCUT2D eigenvalue weighted by Gasteiger charge is -2.12. The van der Waals surface area contributed by atoms with Crippen LogP contribution in [0, 0.1) is 0 Å². The number of para-hydroxylation sites is 1. The minimum atomic E-state index is -4.74. The third kappa shape index (κ3) is 2.31. The Balaban J connectivity index is 2.46. The average molecular weight is 290 g/mol. The number of alkyl halides is 3. The number of rotatable bonds is 1. The van der Waals surface area contributed by atoms with E-state index < -0.39 is 22.9 Å². The maximum Gasteiger partial charge on any atom is 0.450 e. The fourth-order valence-electron chi connectivity index (χ4n) is 2.21. The van der Waals surface area contributed by atoms with E-state index in [1.54, 1.807) is 24.3 Å². The Kier molecular flexibility index (Phi) is 3.05. The first-order valence-corrected chi connectivity index (χ1v) is 6.17. The minimum Gasteiger partial charge on any atom is -0.451 e. The summed E-state index contributed by atoms with van der Waals surface area (Å²) in [6.45, 7) is 0. The zero-order chi connectivity index (χ0) is 15.0. The Morgan fingerprint density at radius 2 is 1.48 bits per heavy atom. The Morgan fingerprint density at radius 1 is 0.857 bits per heavy atom. The van der Waals surface area contributed by atoms with E-state index in [9.17, 15) is 18.0 Å². The molecule has 0 radical (unpaired) electrons. The number of halogens is 3. The first-order chi connectivity index (χ1) is 9.98. The zero-order valence-electron chi connectivity index (χ0n) is 10.6. The van der Waals surface area contributed by atoms with E-state index in [4.69, 9.17) is 4.42 Å². The molecule has 0 amide bonds. The van der Waals surface area contributed by atoms with Crippen molar-refractivity contribution in [2.24, 2.45) is 0 Å². The van der Waals surface area contributed by atoms with Crippen molar-refractivity contribution in [3.05, 3.63) is 70.6 Å².